The van der Waals surface area contributed by atoms with E-state index in [1.165, 1.54) is 11.3 Å². The van der Waals surface area contributed by atoms with Crippen LogP contribution in [0.1, 0.15) is 9.67 Å². The van der Waals surface area contributed by atoms with Crippen LogP contribution in [-0.2, 0) is 0 Å². The number of fused-ring (bicyclic) bond motifs is 1. The molecule has 0 aliphatic rings. The molecule has 5 heteroatoms. The van der Waals surface area contributed by atoms with Gasteiger partial charge in [-0.05, 0) is 23.6 Å². The molecule has 0 unspecified atom stereocenters. The third kappa shape index (κ3) is 1.64. The minimum atomic E-state index is -0.892. The average Bonchev–Trinajstić information content (AvgIpc) is 2.94. The molecule has 3 nitrogen and oxygen atoms in total. The van der Waals surface area contributed by atoms with Gasteiger partial charge in [-0.15, -0.1) is 22.7 Å². The minimum absolute atomic E-state index is 0.362. The number of hydrogen-bond donors (Lipinski definition) is 1. The van der Waals surface area contributed by atoms with Gasteiger partial charge in [0.25, 0.3) is 0 Å². The summed E-state index contributed by atoms with van der Waals surface area (Å²) in [5, 5.41) is 12.1. The summed E-state index contributed by atoms with van der Waals surface area (Å²) < 4.78 is 0. The molecule has 1 N–H and O–H groups in total. The highest BCUT2D eigenvalue weighted by Gasteiger charge is 2.19. The second kappa shape index (κ2) is 3.94. The van der Waals surface area contributed by atoms with Crippen molar-refractivity contribution in [2.24, 2.45) is 0 Å². The fourth-order valence-electron chi connectivity index (χ4n) is 1.75. The van der Waals surface area contributed by atoms with Crippen LogP contribution in [0.5, 0.6) is 0 Å². The number of carbonyl (C=O) groups is 1. The van der Waals surface area contributed by atoms with E-state index in [9.17, 15) is 9.90 Å². The van der Waals surface area contributed by atoms with Gasteiger partial charge in [-0.2, -0.15) is 0 Å². The van der Waals surface area contributed by atoms with Crippen molar-refractivity contribution in [3.8, 4) is 10.4 Å². The normalized spacial score (nSPS) is 10.8. The summed E-state index contributed by atoms with van der Waals surface area (Å²) in [7, 11) is 0. The number of thiophene rings is 2. The van der Waals surface area contributed by atoms with Crippen molar-refractivity contribution in [3.05, 3.63) is 40.7 Å². The van der Waals surface area contributed by atoms with Crippen molar-refractivity contribution in [2.75, 3.05) is 0 Å². The summed E-state index contributed by atoms with van der Waals surface area (Å²) in [6, 6.07) is 7.61. The first kappa shape index (κ1) is 10.4. The van der Waals surface area contributed by atoms with Crippen molar-refractivity contribution in [3.63, 3.8) is 0 Å². The third-order valence-corrected chi connectivity index (χ3v) is 4.42. The van der Waals surface area contributed by atoms with Gasteiger partial charge >= 0.3 is 5.97 Å². The summed E-state index contributed by atoms with van der Waals surface area (Å²) in [5.41, 5.74) is 0.792. The highest BCUT2D eigenvalue weighted by molar-refractivity contribution is 7.22. The SMILES string of the molecule is O=C(O)c1sc2ncccc2c1-c1cccs1. The average molecular weight is 261 g/mol. The number of pyridine rings is 1. The minimum Gasteiger partial charge on any atom is -0.477 e. The van der Waals surface area contributed by atoms with Gasteiger partial charge in [-0.1, -0.05) is 6.07 Å². The van der Waals surface area contributed by atoms with Crippen molar-refractivity contribution in [2.45, 2.75) is 0 Å². The van der Waals surface area contributed by atoms with Crippen LogP contribution in [-0.4, -0.2) is 16.1 Å². The number of nitrogens with zero attached hydrogens (tertiary/aromatic N) is 1. The second-order valence-electron chi connectivity index (χ2n) is 3.44. The predicted octanol–water partition coefficient (Wildman–Crippen LogP) is 3.72. The first-order chi connectivity index (χ1) is 8.27. The Labute approximate surface area is 105 Å². The number of aromatic nitrogens is 1. The van der Waals surface area contributed by atoms with Crippen LogP contribution in [0.25, 0.3) is 20.7 Å². The van der Waals surface area contributed by atoms with Crippen LogP contribution < -0.4 is 0 Å². The molecule has 0 fully saturated rings. The molecule has 0 bridgehead atoms. The Kier molecular flexibility index (Phi) is 2.42. The van der Waals surface area contributed by atoms with E-state index in [-0.39, 0.29) is 0 Å². The van der Waals surface area contributed by atoms with Gasteiger partial charge in [0.2, 0.25) is 0 Å². The molecule has 3 rings (SSSR count). The molecular weight excluding hydrogens is 254 g/mol. The molecule has 0 radical (unpaired) electrons. The smallest absolute Gasteiger partial charge is 0.346 e. The highest BCUT2D eigenvalue weighted by Crippen LogP contribution is 2.39. The summed E-state index contributed by atoms with van der Waals surface area (Å²) >= 11 is 2.77. The van der Waals surface area contributed by atoms with Crippen molar-refractivity contribution in [1.82, 2.24) is 4.98 Å². The molecule has 0 aliphatic carbocycles. The van der Waals surface area contributed by atoms with Gasteiger partial charge in [0.05, 0.1) is 0 Å². The quantitative estimate of drug-likeness (QED) is 0.764. The van der Waals surface area contributed by atoms with Crippen LogP contribution in [0, 0.1) is 0 Å². The van der Waals surface area contributed by atoms with Crippen LogP contribution in [0.15, 0.2) is 35.8 Å². The zero-order valence-corrected chi connectivity index (χ0v) is 10.2. The van der Waals surface area contributed by atoms with Gasteiger partial charge in [-0.3, -0.25) is 0 Å². The number of carboxylic acid groups (broad SMARTS) is 1. The van der Waals surface area contributed by atoms with E-state index in [0.717, 1.165) is 20.7 Å². The molecule has 0 saturated heterocycles. The molecule has 0 aromatic carbocycles. The number of hydrogen-bond acceptors (Lipinski definition) is 4. The van der Waals surface area contributed by atoms with Crippen LogP contribution in [0.2, 0.25) is 0 Å². The Bertz CT molecular complexity index is 686. The lowest BCUT2D eigenvalue weighted by atomic mass is 10.1. The molecule has 17 heavy (non-hydrogen) atoms. The monoisotopic (exact) mass is 261 g/mol. The topological polar surface area (TPSA) is 50.2 Å². The highest BCUT2D eigenvalue weighted by atomic mass is 32.1. The summed E-state index contributed by atoms with van der Waals surface area (Å²) in [4.78, 5) is 17.6. The zero-order valence-electron chi connectivity index (χ0n) is 8.58. The van der Waals surface area contributed by atoms with E-state index in [4.69, 9.17) is 0 Å². The molecule has 0 saturated carbocycles. The van der Waals surface area contributed by atoms with Crippen LogP contribution in [0.3, 0.4) is 0 Å². The number of aromatic carboxylic acids is 1. The van der Waals surface area contributed by atoms with E-state index < -0.39 is 5.97 Å². The van der Waals surface area contributed by atoms with Crippen molar-refractivity contribution >= 4 is 38.9 Å². The zero-order chi connectivity index (χ0) is 11.8. The van der Waals surface area contributed by atoms with Gasteiger partial charge in [0, 0.05) is 22.0 Å². The molecule has 3 aromatic heterocycles. The molecule has 3 aromatic rings. The van der Waals surface area contributed by atoms with Crippen LogP contribution >= 0.6 is 22.7 Å². The van der Waals surface area contributed by atoms with Gasteiger partial charge in [0.15, 0.2) is 0 Å². The standard InChI is InChI=1S/C12H7NO2S2/c14-12(15)10-9(8-4-2-6-16-8)7-3-1-5-13-11(7)17-10/h1-6H,(H,14,15). The van der Waals surface area contributed by atoms with Gasteiger partial charge in [0.1, 0.15) is 9.71 Å². The second-order valence-corrected chi connectivity index (χ2v) is 5.39. The molecule has 0 atom stereocenters. The molecule has 3 heterocycles. The number of carboxylic acids is 1. The first-order valence-corrected chi connectivity index (χ1v) is 6.61. The molecule has 0 aliphatic heterocycles. The van der Waals surface area contributed by atoms with E-state index in [1.54, 1.807) is 17.5 Å². The Morgan fingerprint density at radius 1 is 1.29 bits per heavy atom. The Balaban J connectivity index is 2.40. The maximum absolute atomic E-state index is 11.3. The van der Waals surface area contributed by atoms with Gasteiger partial charge < -0.3 is 5.11 Å². The third-order valence-electron chi connectivity index (χ3n) is 2.43. The fraction of sp³-hybridized carbons (Fsp3) is 0. The number of rotatable bonds is 2. The summed E-state index contributed by atoms with van der Waals surface area (Å²) in [5.74, 6) is -0.892. The van der Waals surface area contributed by atoms with E-state index in [1.807, 2.05) is 29.6 Å². The molecule has 0 spiro atoms. The lowest BCUT2D eigenvalue weighted by Crippen LogP contribution is -1.93. The predicted molar refractivity (Wildman–Crippen MR) is 69.9 cm³/mol. The first-order valence-electron chi connectivity index (χ1n) is 4.92. The molecular formula is C12H7NO2S2. The van der Waals surface area contributed by atoms with Gasteiger partial charge in [-0.25, -0.2) is 9.78 Å². The lowest BCUT2D eigenvalue weighted by Gasteiger charge is -1.97. The van der Waals surface area contributed by atoms with E-state index >= 15 is 0 Å². The van der Waals surface area contributed by atoms with Crippen molar-refractivity contribution in [1.29, 1.82) is 0 Å². The van der Waals surface area contributed by atoms with E-state index in [0.29, 0.717) is 4.88 Å². The maximum Gasteiger partial charge on any atom is 0.346 e. The van der Waals surface area contributed by atoms with E-state index in [2.05, 4.69) is 4.98 Å². The Hall–Kier alpha value is -1.72. The molecule has 0 amide bonds. The Morgan fingerprint density at radius 3 is 2.88 bits per heavy atom. The fourth-order valence-corrected chi connectivity index (χ4v) is 3.60. The molecule has 84 valence electrons. The maximum atomic E-state index is 11.3. The van der Waals surface area contributed by atoms with Crippen molar-refractivity contribution < 1.29 is 9.90 Å². The lowest BCUT2D eigenvalue weighted by molar-refractivity contribution is 0.0703. The Morgan fingerprint density at radius 2 is 2.18 bits per heavy atom. The summed E-state index contributed by atoms with van der Waals surface area (Å²) in [6.07, 6.45) is 1.68. The largest absolute Gasteiger partial charge is 0.477 e. The van der Waals surface area contributed by atoms with Crippen LogP contribution in [0.4, 0.5) is 0 Å². The summed E-state index contributed by atoms with van der Waals surface area (Å²) in [6.45, 7) is 0.